The highest BCUT2D eigenvalue weighted by Gasteiger charge is 2.06. The molecule has 2 N–H and O–H groups in total. The number of rotatable bonds is 9. The molecule has 0 aliphatic rings. The molecule has 1 heterocycles. The molecule has 0 radical (unpaired) electrons. The third-order valence-corrected chi connectivity index (χ3v) is 5.02. The predicted octanol–water partition coefficient (Wildman–Crippen LogP) is 3.17. The Morgan fingerprint density at radius 2 is 1.95 bits per heavy atom. The molecule has 21 heavy (non-hydrogen) atoms. The highest BCUT2D eigenvalue weighted by Crippen LogP contribution is 2.23. The number of nitrogens with zero attached hydrogens (tertiary/aromatic N) is 3. The van der Waals surface area contributed by atoms with Gasteiger partial charge in [-0.25, -0.2) is 0 Å². The number of anilines is 1. The first-order valence-electron chi connectivity index (χ1n) is 7.26. The van der Waals surface area contributed by atoms with Gasteiger partial charge in [0.1, 0.15) is 0 Å². The van der Waals surface area contributed by atoms with Crippen LogP contribution in [-0.4, -0.2) is 40.5 Å². The Kier molecular flexibility index (Phi) is 6.99. The second-order valence-electron chi connectivity index (χ2n) is 4.83. The number of nitrogens with two attached hydrogens (primary N) is 1. The molecule has 0 spiro atoms. The second kappa shape index (κ2) is 9.02. The maximum atomic E-state index is 5.59. The van der Waals surface area contributed by atoms with Crippen molar-refractivity contribution in [1.29, 1.82) is 0 Å². The summed E-state index contributed by atoms with van der Waals surface area (Å²) in [5.41, 5.74) is 7.00. The first-order chi connectivity index (χ1) is 10.3. The van der Waals surface area contributed by atoms with E-state index < -0.39 is 0 Å². The fraction of sp³-hybridized carbons (Fsp3) is 0.467. The Morgan fingerprint density at radius 3 is 2.62 bits per heavy atom. The predicted molar refractivity (Wildman–Crippen MR) is 91.9 cm³/mol. The molecule has 0 aliphatic heterocycles. The van der Waals surface area contributed by atoms with Crippen LogP contribution in [0.5, 0.6) is 0 Å². The molecule has 1 aromatic heterocycles. The van der Waals surface area contributed by atoms with Gasteiger partial charge in [-0.1, -0.05) is 60.4 Å². The van der Waals surface area contributed by atoms with Gasteiger partial charge in [0.2, 0.25) is 5.13 Å². The fourth-order valence-corrected chi connectivity index (χ4v) is 3.83. The zero-order chi connectivity index (χ0) is 14.9. The summed E-state index contributed by atoms with van der Waals surface area (Å²) in [6, 6.07) is 10.7. The minimum absolute atomic E-state index is 0.548. The van der Waals surface area contributed by atoms with Gasteiger partial charge < -0.3 is 10.6 Å². The van der Waals surface area contributed by atoms with Crippen LogP contribution in [0.15, 0.2) is 34.7 Å². The van der Waals surface area contributed by atoms with Gasteiger partial charge in [0, 0.05) is 18.8 Å². The lowest BCUT2D eigenvalue weighted by Crippen LogP contribution is -2.29. The van der Waals surface area contributed by atoms with E-state index in [1.54, 1.807) is 11.8 Å². The normalized spacial score (nSPS) is 11.1. The minimum Gasteiger partial charge on any atom is -0.374 e. The zero-order valence-electron chi connectivity index (χ0n) is 12.4. The molecule has 0 saturated heterocycles. The molecule has 0 saturated carbocycles. The standard InChI is InChI=1S/C15H22N4S2/c1-2-9-19(10-8-13-6-4-3-5-7-13)11-12-20-15-18-17-14(16)21-15/h3-7H,2,8-12H2,1H3,(H2,16,17). The molecular weight excluding hydrogens is 300 g/mol. The molecular formula is C15H22N4S2. The van der Waals surface area contributed by atoms with Gasteiger partial charge in [-0.3, -0.25) is 0 Å². The van der Waals surface area contributed by atoms with E-state index in [0.717, 1.165) is 36.1 Å². The Bertz CT molecular complexity index is 515. The van der Waals surface area contributed by atoms with Crippen molar-refractivity contribution in [3.05, 3.63) is 35.9 Å². The van der Waals surface area contributed by atoms with Crippen LogP contribution in [0.25, 0.3) is 0 Å². The summed E-state index contributed by atoms with van der Waals surface area (Å²) in [4.78, 5) is 2.52. The third kappa shape index (κ3) is 6.03. The van der Waals surface area contributed by atoms with E-state index in [4.69, 9.17) is 5.73 Å². The number of hydrogen-bond donors (Lipinski definition) is 1. The lowest BCUT2D eigenvalue weighted by molar-refractivity contribution is 0.295. The smallest absolute Gasteiger partial charge is 0.203 e. The van der Waals surface area contributed by atoms with Crippen molar-refractivity contribution >= 4 is 28.2 Å². The molecule has 4 nitrogen and oxygen atoms in total. The van der Waals surface area contributed by atoms with E-state index in [-0.39, 0.29) is 0 Å². The molecule has 0 aliphatic carbocycles. The van der Waals surface area contributed by atoms with Crippen molar-refractivity contribution < 1.29 is 0 Å². The molecule has 0 atom stereocenters. The van der Waals surface area contributed by atoms with Gasteiger partial charge in [0.15, 0.2) is 4.34 Å². The third-order valence-electron chi connectivity index (χ3n) is 3.15. The Labute approximate surface area is 134 Å². The van der Waals surface area contributed by atoms with Crippen molar-refractivity contribution in [3.63, 3.8) is 0 Å². The maximum absolute atomic E-state index is 5.59. The molecule has 2 rings (SSSR count). The summed E-state index contributed by atoms with van der Waals surface area (Å²) < 4.78 is 0.965. The van der Waals surface area contributed by atoms with Crippen LogP contribution in [-0.2, 0) is 6.42 Å². The molecule has 1 aromatic carbocycles. The zero-order valence-corrected chi connectivity index (χ0v) is 14.0. The number of hydrogen-bond acceptors (Lipinski definition) is 6. The fourth-order valence-electron chi connectivity index (χ4n) is 2.12. The molecule has 0 unspecified atom stereocenters. The van der Waals surface area contributed by atoms with Crippen LogP contribution < -0.4 is 5.73 Å². The van der Waals surface area contributed by atoms with E-state index in [0.29, 0.717) is 5.13 Å². The Balaban J connectivity index is 1.73. The minimum atomic E-state index is 0.548. The Morgan fingerprint density at radius 1 is 1.14 bits per heavy atom. The van der Waals surface area contributed by atoms with E-state index in [1.807, 2.05) is 0 Å². The molecule has 6 heteroatoms. The van der Waals surface area contributed by atoms with Gasteiger partial charge in [-0.15, -0.1) is 10.2 Å². The number of benzene rings is 1. The highest BCUT2D eigenvalue weighted by molar-refractivity contribution is 8.01. The average Bonchev–Trinajstić information content (AvgIpc) is 2.91. The van der Waals surface area contributed by atoms with Crippen molar-refractivity contribution in [2.75, 3.05) is 31.1 Å². The van der Waals surface area contributed by atoms with Gasteiger partial charge in [-0.2, -0.15) is 0 Å². The molecule has 114 valence electrons. The first-order valence-corrected chi connectivity index (χ1v) is 9.06. The summed E-state index contributed by atoms with van der Waals surface area (Å²) in [6.07, 6.45) is 2.29. The van der Waals surface area contributed by atoms with Crippen LogP contribution in [0, 0.1) is 0 Å². The van der Waals surface area contributed by atoms with Gasteiger partial charge in [0.25, 0.3) is 0 Å². The first kappa shape index (κ1) is 16.3. The van der Waals surface area contributed by atoms with Crippen LogP contribution in [0.4, 0.5) is 5.13 Å². The largest absolute Gasteiger partial charge is 0.374 e. The van der Waals surface area contributed by atoms with Crippen molar-refractivity contribution in [3.8, 4) is 0 Å². The highest BCUT2D eigenvalue weighted by atomic mass is 32.2. The van der Waals surface area contributed by atoms with Gasteiger partial charge in [0.05, 0.1) is 0 Å². The number of thioether (sulfide) groups is 1. The van der Waals surface area contributed by atoms with E-state index >= 15 is 0 Å². The summed E-state index contributed by atoms with van der Waals surface area (Å²) in [6.45, 7) is 5.56. The monoisotopic (exact) mass is 322 g/mol. The summed E-state index contributed by atoms with van der Waals surface area (Å²) in [7, 11) is 0. The summed E-state index contributed by atoms with van der Waals surface area (Å²) >= 11 is 3.20. The lowest BCUT2D eigenvalue weighted by atomic mass is 10.1. The van der Waals surface area contributed by atoms with E-state index in [1.165, 1.54) is 23.3 Å². The molecule has 0 fully saturated rings. The molecule has 2 aromatic rings. The Hall–Kier alpha value is -1.11. The van der Waals surface area contributed by atoms with Crippen LogP contribution in [0.3, 0.4) is 0 Å². The second-order valence-corrected chi connectivity index (χ2v) is 7.18. The summed E-state index contributed by atoms with van der Waals surface area (Å²) in [5, 5.41) is 8.43. The van der Waals surface area contributed by atoms with Crippen molar-refractivity contribution in [2.45, 2.75) is 24.1 Å². The van der Waals surface area contributed by atoms with E-state index in [9.17, 15) is 0 Å². The van der Waals surface area contributed by atoms with E-state index in [2.05, 4.69) is 52.4 Å². The molecule has 0 bridgehead atoms. The van der Waals surface area contributed by atoms with Crippen molar-refractivity contribution in [2.24, 2.45) is 0 Å². The van der Waals surface area contributed by atoms with Gasteiger partial charge in [-0.05, 0) is 24.9 Å². The number of aromatic nitrogens is 2. The average molecular weight is 323 g/mol. The molecule has 0 amide bonds. The maximum Gasteiger partial charge on any atom is 0.203 e. The van der Waals surface area contributed by atoms with Crippen molar-refractivity contribution in [1.82, 2.24) is 15.1 Å². The topological polar surface area (TPSA) is 55.0 Å². The van der Waals surface area contributed by atoms with Crippen LogP contribution in [0.2, 0.25) is 0 Å². The number of nitrogen functional groups attached to an aromatic ring is 1. The van der Waals surface area contributed by atoms with Crippen LogP contribution in [0.1, 0.15) is 18.9 Å². The lowest BCUT2D eigenvalue weighted by Gasteiger charge is -2.21. The van der Waals surface area contributed by atoms with Gasteiger partial charge >= 0.3 is 0 Å². The quantitative estimate of drug-likeness (QED) is 0.719. The summed E-state index contributed by atoms with van der Waals surface area (Å²) in [5.74, 6) is 1.03. The van der Waals surface area contributed by atoms with Crippen LogP contribution >= 0.6 is 23.1 Å². The SMILES string of the molecule is CCCN(CCSc1nnc(N)s1)CCc1ccccc1.